The van der Waals surface area contributed by atoms with Crippen LogP contribution in [0.4, 0.5) is 0 Å². The van der Waals surface area contributed by atoms with E-state index < -0.39 is 0 Å². The van der Waals surface area contributed by atoms with E-state index in [9.17, 15) is 14.4 Å². The topological polar surface area (TPSA) is 94.1 Å². The number of nitrogens with one attached hydrogen (secondary N) is 1. The zero-order chi connectivity index (χ0) is 14.5. The number of Topliss-reactive ketones (excluding diaryl/α,β-unsaturated/α-hetero) is 1. The van der Waals surface area contributed by atoms with Gasteiger partial charge in [0.15, 0.2) is 5.16 Å². The van der Waals surface area contributed by atoms with Crippen molar-refractivity contribution in [2.45, 2.75) is 43.8 Å². The molecule has 0 spiro atoms. The maximum atomic E-state index is 11.7. The molecule has 0 saturated heterocycles. The van der Waals surface area contributed by atoms with Crippen molar-refractivity contribution >= 4 is 23.5 Å². The number of nitrogens with zero attached hydrogens (tertiary/aromatic N) is 2. The Hall–Kier alpha value is -1.57. The highest BCUT2D eigenvalue weighted by molar-refractivity contribution is 7.99. The number of hydrogen-bond acceptors (Lipinski definition) is 6. The van der Waals surface area contributed by atoms with Gasteiger partial charge in [0.1, 0.15) is 5.78 Å². The Morgan fingerprint density at radius 2 is 2.20 bits per heavy atom. The number of aromatic amines is 1. The summed E-state index contributed by atoms with van der Waals surface area (Å²) in [6.07, 6.45) is 2.21. The van der Waals surface area contributed by atoms with Crippen molar-refractivity contribution < 1.29 is 14.3 Å². The minimum Gasteiger partial charge on any atom is -0.466 e. The highest BCUT2D eigenvalue weighted by Gasteiger charge is 2.28. The largest absolute Gasteiger partial charge is 0.466 e. The number of ether oxygens (including phenoxy) is 1. The van der Waals surface area contributed by atoms with E-state index in [1.54, 1.807) is 11.5 Å². The Morgan fingerprint density at radius 3 is 2.85 bits per heavy atom. The highest BCUT2D eigenvalue weighted by Crippen LogP contribution is 2.35. The number of ketones is 1. The van der Waals surface area contributed by atoms with Crippen LogP contribution in [0.25, 0.3) is 0 Å². The van der Waals surface area contributed by atoms with Crippen molar-refractivity contribution in [1.29, 1.82) is 0 Å². The van der Waals surface area contributed by atoms with Crippen LogP contribution in [0.1, 0.15) is 38.6 Å². The Balaban J connectivity index is 1.79. The quantitative estimate of drug-likeness (QED) is 0.566. The number of thioether (sulfide) groups is 1. The molecule has 20 heavy (non-hydrogen) atoms. The monoisotopic (exact) mass is 299 g/mol. The summed E-state index contributed by atoms with van der Waals surface area (Å²) in [5.74, 6) is -0.211. The first-order chi connectivity index (χ1) is 9.61. The van der Waals surface area contributed by atoms with E-state index in [0.717, 1.165) is 12.8 Å². The van der Waals surface area contributed by atoms with Gasteiger partial charge >= 0.3 is 11.7 Å². The number of H-pyrrole nitrogens is 1. The number of esters is 1. The van der Waals surface area contributed by atoms with E-state index in [1.165, 1.54) is 11.8 Å². The molecule has 1 aliphatic rings. The molecule has 0 unspecified atom stereocenters. The summed E-state index contributed by atoms with van der Waals surface area (Å²) >= 11 is 1.23. The zero-order valence-corrected chi connectivity index (χ0v) is 12.1. The van der Waals surface area contributed by atoms with E-state index in [-0.39, 0.29) is 42.1 Å². The predicted molar refractivity (Wildman–Crippen MR) is 72.7 cm³/mol. The van der Waals surface area contributed by atoms with E-state index in [1.807, 2.05) is 0 Å². The molecule has 1 aliphatic carbocycles. The van der Waals surface area contributed by atoms with Gasteiger partial charge in [0.25, 0.3) is 0 Å². The van der Waals surface area contributed by atoms with Crippen LogP contribution in [0.5, 0.6) is 0 Å². The van der Waals surface area contributed by atoms with Gasteiger partial charge in [-0.1, -0.05) is 11.8 Å². The molecule has 110 valence electrons. The van der Waals surface area contributed by atoms with Crippen LogP contribution >= 0.6 is 11.8 Å². The summed E-state index contributed by atoms with van der Waals surface area (Å²) in [4.78, 5) is 34.3. The number of rotatable bonds is 8. The standard InChI is InChI=1S/C12H17N3O4S/c1-2-19-10(17)6-5-9(16)7-20-12-14-13-11(18)15(12)8-3-4-8/h8H,2-7H2,1H3,(H,13,18). The second-order valence-corrected chi connectivity index (χ2v) is 5.49. The third kappa shape index (κ3) is 3.96. The molecular formula is C12H17N3O4S. The molecule has 1 N–H and O–H groups in total. The van der Waals surface area contributed by atoms with Gasteiger partial charge in [-0.3, -0.25) is 14.2 Å². The number of carbonyl (C=O) groups excluding carboxylic acids is 2. The minimum atomic E-state index is -0.361. The molecule has 2 rings (SSSR count). The van der Waals surface area contributed by atoms with Crippen LogP contribution in [-0.4, -0.2) is 38.9 Å². The first kappa shape index (κ1) is 14.8. The van der Waals surface area contributed by atoms with E-state index in [4.69, 9.17) is 4.74 Å². The van der Waals surface area contributed by atoms with Gasteiger partial charge in [-0.15, -0.1) is 5.10 Å². The van der Waals surface area contributed by atoms with Gasteiger partial charge in [-0.25, -0.2) is 9.89 Å². The fourth-order valence-corrected chi connectivity index (χ4v) is 2.65. The van der Waals surface area contributed by atoms with Crippen LogP contribution in [-0.2, 0) is 14.3 Å². The molecule has 0 aromatic carbocycles. The van der Waals surface area contributed by atoms with Gasteiger partial charge in [0.05, 0.1) is 18.8 Å². The normalized spacial score (nSPS) is 14.2. The Morgan fingerprint density at radius 1 is 1.45 bits per heavy atom. The molecule has 8 heteroatoms. The average molecular weight is 299 g/mol. The van der Waals surface area contributed by atoms with E-state index in [2.05, 4.69) is 10.2 Å². The molecule has 0 atom stereocenters. The molecule has 0 amide bonds. The third-order valence-electron chi connectivity index (χ3n) is 2.86. The van der Waals surface area contributed by atoms with Crippen LogP contribution in [0.2, 0.25) is 0 Å². The van der Waals surface area contributed by atoms with Crippen LogP contribution in [0.3, 0.4) is 0 Å². The van der Waals surface area contributed by atoms with Gasteiger partial charge in [0, 0.05) is 12.5 Å². The third-order valence-corrected chi connectivity index (χ3v) is 3.87. The van der Waals surface area contributed by atoms with Crippen molar-refractivity contribution in [1.82, 2.24) is 14.8 Å². The smallest absolute Gasteiger partial charge is 0.344 e. The fourth-order valence-electron chi connectivity index (χ4n) is 1.74. The summed E-state index contributed by atoms with van der Waals surface area (Å²) in [6, 6.07) is 0.221. The Bertz CT molecular complexity index is 547. The first-order valence-corrected chi connectivity index (χ1v) is 7.57. The van der Waals surface area contributed by atoms with Crippen molar-refractivity contribution in [3.8, 4) is 0 Å². The molecule has 0 bridgehead atoms. The lowest BCUT2D eigenvalue weighted by atomic mass is 10.2. The molecular weight excluding hydrogens is 282 g/mol. The molecule has 1 heterocycles. The summed E-state index contributed by atoms with van der Waals surface area (Å²) in [7, 11) is 0. The minimum absolute atomic E-state index is 0.0548. The van der Waals surface area contributed by atoms with E-state index in [0.29, 0.717) is 11.8 Å². The van der Waals surface area contributed by atoms with Gasteiger partial charge in [-0.2, -0.15) is 0 Å². The zero-order valence-electron chi connectivity index (χ0n) is 11.3. The maximum Gasteiger partial charge on any atom is 0.344 e. The Kier molecular flexibility index (Phi) is 4.99. The molecule has 1 aromatic rings. The summed E-state index contributed by atoms with van der Waals surface area (Å²) in [5, 5.41) is 6.86. The fraction of sp³-hybridized carbons (Fsp3) is 0.667. The first-order valence-electron chi connectivity index (χ1n) is 6.58. The average Bonchev–Trinajstić information content (AvgIpc) is 3.18. The lowest BCUT2D eigenvalue weighted by Gasteiger charge is -2.03. The Labute approximate surface area is 120 Å². The molecule has 1 saturated carbocycles. The lowest BCUT2D eigenvalue weighted by Crippen LogP contribution is -2.16. The van der Waals surface area contributed by atoms with Crippen molar-refractivity contribution in [3.05, 3.63) is 10.5 Å². The highest BCUT2D eigenvalue weighted by atomic mass is 32.2. The van der Waals surface area contributed by atoms with Gasteiger partial charge in [-0.05, 0) is 19.8 Å². The number of hydrogen-bond donors (Lipinski definition) is 1. The SMILES string of the molecule is CCOC(=O)CCC(=O)CSc1n[nH]c(=O)n1C1CC1. The molecule has 1 aromatic heterocycles. The summed E-state index contributed by atoms with van der Waals surface area (Å²) in [5.41, 5.74) is -0.228. The van der Waals surface area contributed by atoms with Crippen LogP contribution < -0.4 is 5.69 Å². The molecule has 1 fully saturated rings. The summed E-state index contributed by atoms with van der Waals surface area (Å²) < 4.78 is 6.36. The number of carbonyl (C=O) groups is 2. The van der Waals surface area contributed by atoms with E-state index >= 15 is 0 Å². The van der Waals surface area contributed by atoms with Gasteiger partial charge < -0.3 is 4.74 Å². The molecule has 0 aliphatic heterocycles. The molecule has 7 nitrogen and oxygen atoms in total. The van der Waals surface area contributed by atoms with Crippen molar-refractivity contribution in [2.24, 2.45) is 0 Å². The summed E-state index contributed by atoms with van der Waals surface area (Å²) in [6.45, 7) is 2.05. The maximum absolute atomic E-state index is 11.7. The van der Waals surface area contributed by atoms with Crippen molar-refractivity contribution in [2.75, 3.05) is 12.4 Å². The second kappa shape index (κ2) is 6.74. The number of aromatic nitrogens is 3. The molecule has 0 radical (unpaired) electrons. The second-order valence-electron chi connectivity index (χ2n) is 4.54. The van der Waals surface area contributed by atoms with Crippen LogP contribution in [0.15, 0.2) is 9.95 Å². The van der Waals surface area contributed by atoms with Crippen molar-refractivity contribution in [3.63, 3.8) is 0 Å². The predicted octanol–water partition coefficient (Wildman–Crippen LogP) is 0.911. The van der Waals surface area contributed by atoms with Crippen LogP contribution in [0, 0.1) is 0 Å². The lowest BCUT2D eigenvalue weighted by molar-refractivity contribution is -0.144. The van der Waals surface area contributed by atoms with Gasteiger partial charge in [0.2, 0.25) is 0 Å².